The van der Waals surface area contributed by atoms with Crippen LogP contribution in [0.15, 0.2) is 0 Å². The van der Waals surface area contributed by atoms with Gasteiger partial charge in [0.05, 0.1) is 12.1 Å². The molecule has 14 heavy (non-hydrogen) atoms. The lowest BCUT2D eigenvalue weighted by molar-refractivity contribution is 0.168. The number of hydrogen-bond donors (Lipinski definition) is 0. The molecule has 1 aliphatic heterocycles. The van der Waals surface area contributed by atoms with Gasteiger partial charge in [-0.1, -0.05) is 6.92 Å². The van der Waals surface area contributed by atoms with Crippen LogP contribution in [0, 0.1) is 11.3 Å². The summed E-state index contributed by atoms with van der Waals surface area (Å²) in [6, 6.07) is 3.02. The molecule has 0 aromatic rings. The molecule has 0 aromatic heterocycles. The maximum atomic E-state index is 9.05. The highest BCUT2D eigenvalue weighted by molar-refractivity contribution is 4.94. The summed E-state index contributed by atoms with van der Waals surface area (Å²) >= 11 is 0. The quantitative estimate of drug-likeness (QED) is 0.665. The molecule has 3 heteroatoms. The predicted molar refractivity (Wildman–Crippen MR) is 58.0 cm³/mol. The van der Waals surface area contributed by atoms with Crippen molar-refractivity contribution in [3.05, 3.63) is 0 Å². The minimum absolute atomic E-state index is 0.108. The van der Waals surface area contributed by atoms with Crippen LogP contribution < -0.4 is 0 Å². The van der Waals surface area contributed by atoms with E-state index in [9.17, 15) is 0 Å². The van der Waals surface area contributed by atoms with Gasteiger partial charge in [-0.05, 0) is 33.4 Å². The van der Waals surface area contributed by atoms with Crippen molar-refractivity contribution in [1.29, 1.82) is 5.26 Å². The van der Waals surface area contributed by atoms with Gasteiger partial charge < -0.3 is 4.90 Å². The second-order valence-corrected chi connectivity index (χ2v) is 4.26. The van der Waals surface area contributed by atoms with E-state index in [1.165, 1.54) is 6.42 Å². The number of rotatable bonds is 2. The summed E-state index contributed by atoms with van der Waals surface area (Å²) < 4.78 is 0. The van der Waals surface area contributed by atoms with E-state index in [0.717, 1.165) is 26.1 Å². The van der Waals surface area contributed by atoms with Crippen LogP contribution in [0.2, 0.25) is 0 Å². The largest absolute Gasteiger partial charge is 0.305 e. The molecule has 1 rings (SSSR count). The second-order valence-electron chi connectivity index (χ2n) is 4.26. The molecule has 1 fully saturated rings. The molecular formula is C11H21N3. The highest BCUT2D eigenvalue weighted by Crippen LogP contribution is 2.13. The van der Waals surface area contributed by atoms with E-state index in [-0.39, 0.29) is 6.04 Å². The van der Waals surface area contributed by atoms with Crippen molar-refractivity contribution in [2.24, 2.45) is 0 Å². The highest BCUT2D eigenvalue weighted by atomic mass is 15.2. The summed E-state index contributed by atoms with van der Waals surface area (Å²) in [5.41, 5.74) is 0. The molecule has 2 unspecified atom stereocenters. The lowest BCUT2D eigenvalue weighted by Crippen LogP contribution is -2.43. The number of nitriles is 1. The third-order valence-corrected chi connectivity index (χ3v) is 3.03. The highest BCUT2D eigenvalue weighted by Gasteiger charge is 2.24. The van der Waals surface area contributed by atoms with Crippen molar-refractivity contribution < 1.29 is 0 Å². The van der Waals surface area contributed by atoms with Gasteiger partial charge in [0.1, 0.15) is 0 Å². The summed E-state index contributed by atoms with van der Waals surface area (Å²) in [4.78, 5) is 4.71. The minimum Gasteiger partial charge on any atom is -0.305 e. The topological polar surface area (TPSA) is 30.3 Å². The Balaban J connectivity index is 2.63. The molecule has 1 heterocycles. The van der Waals surface area contributed by atoms with E-state index in [4.69, 9.17) is 5.26 Å². The summed E-state index contributed by atoms with van der Waals surface area (Å²) in [5.74, 6) is 0. The summed E-state index contributed by atoms with van der Waals surface area (Å²) in [6.07, 6.45) is 2.11. The zero-order valence-corrected chi connectivity index (χ0v) is 9.53. The first-order valence-electron chi connectivity index (χ1n) is 5.53. The van der Waals surface area contributed by atoms with Crippen molar-refractivity contribution in [2.75, 3.05) is 26.7 Å². The van der Waals surface area contributed by atoms with Gasteiger partial charge in [0, 0.05) is 19.1 Å². The first kappa shape index (κ1) is 11.5. The summed E-state index contributed by atoms with van der Waals surface area (Å²) in [7, 11) is 2.16. The molecule has 0 aromatic carbocycles. The lowest BCUT2D eigenvalue weighted by atomic mass is 10.1. The second kappa shape index (κ2) is 5.33. The SMILES string of the molecule is CCC(C#N)N1CCCN(C)CC1C. The van der Waals surface area contributed by atoms with Crippen LogP contribution in [0.5, 0.6) is 0 Å². The Kier molecular flexibility index (Phi) is 4.37. The van der Waals surface area contributed by atoms with Gasteiger partial charge in [-0.25, -0.2) is 0 Å². The Morgan fingerprint density at radius 1 is 1.50 bits per heavy atom. The normalized spacial score (nSPS) is 28.0. The van der Waals surface area contributed by atoms with Gasteiger partial charge in [-0.2, -0.15) is 5.26 Å². The van der Waals surface area contributed by atoms with Crippen LogP contribution in [0.1, 0.15) is 26.7 Å². The Bertz CT molecular complexity index is 209. The fourth-order valence-electron chi connectivity index (χ4n) is 2.25. The molecule has 0 N–H and O–H groups in total. The van der Waals surface area contributed by atoms with Crippen LogP contribution in [0.3, 0.4) is 0 Å². The first-order chi connectivity index (χ1) is 6.69. The van der Waals surface area contributed by atoms with E-state index < -0.39 is 0 Å². The molecule has 0 spiro atoms. The fourth-order valence-corrected chi connectivity index (χ4v) is 2.25. The van der Waals surface area contributed by atoms with Gasteiger partial charge in [-0.3, -0.25) is 4.90 Å². The number of likely N-dealkylation sites (N-methyl/N-ethyl adjacent to an activating group) is 1. The van der Waals surface area contributed by atoms with E-state index in [0.29, 0.717) is 6.04 Å². The standard InChI is InChI=1S/C11H21N3/c1-4-11(8-12)14-7-5-6-13(3)9-10(14)2/h10-11H,4-7,9H2,1-3H3. The van der Waals surface area contributed by atoms with E-state index >= 15 is 0 Å². The molecular weight excluding hydrogens is 174 g/mol. The zero-order valence-electron chi connectivity index (χ0n) is 9.53. The third kappa shape index (κ3) is 2.70. The van der Waals surface area contributed by atoms with Gasteiger partial charge in [-0.15, -0.1) is 0 Å². The Morgan fingerprint density at radius 2 is 2.21 bits per heavy atom. The molecule has 0 saturated carbocycles. The smallest absolute Gasteiger partial charge is 0.0977 e. The molecule has 3 nitrogen and oxygen atoms in total. The van der Waals surface area contributed by atoms with Crippen LogP contribution in [-0.4, -0.2) is 48.6 Å². The van der Waals surface area contributed by atoms with E-state index in [1.807, 2.05) is 0 Å². The zero-order chi connectivity index (χ0) is 10.6. The Hall–Kier alpha value is -0.590. The monoisotopic (exact) mass is 195 g/mol. The van der Waals surface area contributed by atoms with E-state index in [1.54, 1.807) is 0 Å². The van der Waals surface area contributed by atoms with Crippen LogP contribution in [0.25, 0.3) is 0 Å². The molecule has 1 saturated heterocycles. The van der Waals surface area contributed by atoms with Crippen molar-refractivity contribution in [1.82, 2.24) is 9.80 Å². The van der Waals surface area contributed by atoms with Crippen LogP contribution in [-0.2, 0) is 0 Å². The summed E-state index contributed by atoms with van der Waals surface area (Å²) in [5, 5.41) is 9.05. The number of nitrogens with zero attached hydrogens (tertiary/aromatic N) is 3. The molecule has 1 aliphatic rings. The predicted octanol–water partition coefficient (Wildman–Crippen LogP) is 1.31. The van der Waals surface area contributed by atoms with Gasteiger partial charge >= 0.3 is 0 Å². The average molecular weight is 195 g/mol. The van der Waals surface area contributed by atoms with Gasteiger partial charge in [0.15, 0.2) is 0 Å². The maximum Gasteiger partial charge on any atom is 0.0977 e. The molecule has 80 valence electrons. The first-order valence-corrected chi connectivity index (χ1v) is 5.53. The van der Waals surface area contributed by atoms with Crippen molar-refractivity contribution >= 4 is 0 Å². The van der Waals surface area contributed by atoms with Crippen LogP contribution >= 0.6 is 0 Å². The van der Waals surface area contributed by atoms with Crippen molar-refractivity contribution in [2.45, 2.75) is 38.8 Å². The molecule has 0 aliphatic carbocycles. The Morgan fingerprint density at radius 3 is 2.79 bits per heavy atom. The average Bonchev–Trinajstić information content (AvgIpc) is 2.31. The molecule has 0 bridgehead atoms. The third-order valence-electron chi connectivity index (χ3n) is 3.03. The maximum absolute atomic E-state index is 9.05. The Labute approximate surface area is 87.3 Å². The lowest BCUT2D eigenvalue weighted by Gasteiger charge is -2.31. The molecule has 0 radical (unpaired) electrons. The van der Waals surface area contributed by atoms with Crippen molar-refractivity contribution in [3.63, 3.8) is 0 Å². The van der Waals surface area contributed by atoms with Crippen molar-refractivity contribution in [3.8, 4) is 6.07 Å². The van der Waals surface area contributed by atoms with Gasteiger partial charge in [0.2, 0.25) is 0 Å². The molecule has 2 atom stereocenters. The summed E-state index contributed by atoms with van der Waals surface area (Å²) in [6.45, 7) is 7.62. The fraction of sp³-hybridized carbons (Fsp3) is 0.909. The van der Waals surface area contributed by atoms with E-state index in [2.05, 4.69) is 36.8 Å². The minimum atomic E-state index is 0.108. The van der Waals surface area contributed by atoms with Crippen LogP contribution in [0.4, 0.5) is 0 Å². The molecule has 0 amide bonds. The number of hydrogen-bond acceptors (Lipinski definition) is 3. The van der Waals surface area contributed by atoms with Gasteiger partial charge in [0.25, 0.3) is 0 Å².